The molecule has 100 valence electrons. The molecular formula is C13H18O4S. The molecule has 0 radical (unpaired) electrons. The maximum atomic E-state index is 10.0. The molecule has 1 aromatic rings. The summed E-state index contributed by atoms with van der Waals surface area (Å²) in [6.07, 6.45) is -0.662. The molecule has 1 aliphatic rings. The summed E-state index contributed by atoms with van der Waals surface area (Å²) in [6.45, 7) is 1.82. The Bertz CT molecular complexity index is 381. The Labute approximate surface area is 112 Å². The molecule has 2 rings (SSSR count). The fourth-order valence-corrected chi connectivity index (χ4v) is 2.37. The molecule has 0 saturated carbocycles. The van der Waals surface area contributed by atoms with Gasteiger partial charge in [-0.1, -0.05) is 0 Å². The number of hydrogen-bond donors (Lipinski definition) is 2. The lowest BCUT2D eigenvalue weighted by Gasteiger charge is -2.36. The maximum absolute atomic E-state index is 10.0. The van der Waals surface area contributed by atoms with Crippen LogP contribution < -0.4 is 9.47 Å². The van der Waals surface area contributed by atoms with Crippen LogP contribution in [0.25, 0.3) is 0 Å². The molecule has 1 N–H and O–H groups in total. The molecule has 0 aromatic heterocycles. The first-order valence-corrected chi connectivity index (χ1v) is 6.44. The van der Waals surface area contributed by atoms with Gasteiger partial charge in [-0.3, -0.25) is 0 Å². The average Bonchev–Trinajstić information content (AvgIpc) is 2.36. The van der Waals surface area contributed by atoms with Gasteiger partial charge in [0.1, 0.15) is 29.1 Å². The van der Waals surface area contributed by atoms with Crippen molar-refractivity contribution in [1.29, 1.82) is 0 Å². The van der Waals surface area contributed by atoms with Gasteiger partial charge in [0.2, 0.25) is 0 Å². The third-order valence-electron chi connectivity index (χ3n) is 3.01. The first-order chi connectivity index (χ1) is 8.60. The van der Waals surface area contributed by atoms with Gasteiger partial charge in [0.05, 0.1) is 13.2 Å². The van der Waals surface area contributed by atoms with Crippen molar-refractivity contribution < 1.29 is 19.3 Å². The SMILES string of the molecule is COc1ccc(O[C@@H]2CC(S)O[C@H](C)[C@H]2O)cc1. The van der Waals surface area contributed by atoms with Gasteiger partial charge in [0.15, 0.2) is 0 Å². The Morgan fingerprint density at radius 3 is 2.50 bits per heavy atom. The number of hydrogen-bond acceptors (Lipinski definition) is 5. The number of rotatable bonds is 3. The van der Waals surface area contributed by atoms with Gasteiger partial charge < -0.3 is 19.3 Å². The summed E-state index contributed by atoms with van der Waals surface area (Å²) < 4.78 is 16.3. The molecule has 4 nitrogen and oxygen atoms in total. The van der Waals surface area contributed by atoms with E-state index in [2.05, 4.69) is 12.6 Å². The van der Waals surface area contributed by atoms with Gasteiger partial charge in [-0.15, -0.1) is 12.6 Å². The normalized spacial score (nSPS) is 32.0. The lowest BCUT2D eigenvalue weighted by Crippen LogP contribution is -2.48. The summed E-state index contributed by atoms with van der Waals surface area (Å²) in [6, 6.07) is 7.28. The molecule has 1 aromatic carbocycles. The van der Waals surface area contributed by atoms with Gasteiger partial charge >= 0.3 is 0 Å². The quantitative estimate of drug-likeness (QED) is 0.823. The van der Waals surface area contributed by atoms with Crippen molar-refractivity contribution in [2.45, 2.75) is 37.1 Å². The highest BCUT2D eigenvalue weighted by Crippen LogP contribution is 2.27. The second kappa shape index (κ2) is 5.82. The lowest BCUT2D eigenvalue weighted by molar-refractivity contribution is -0.129. The van der Waals surface area contributed by atoms with Crippen LogP contribution in [0, 0.1) is 0 Å². The van der Waals surface area contributed by atoms with Crippen LogP contribution in [0.15, 0.2) is 24.3 Å². The number of ether oxygens (including phenoxy) is 3. The Morgan fingerprint density at radius 2 is 1.89 bits per heavy atom. The summed E-state index contributed by atoms with van der Waals surface area (Å²) >= 11 is 4.29. The lowest BCUT2D eigenvalue weighted by atomic mass is 10.0. The Morgan fingerprint density at radius 1 is 1.28 bits per heavy atom. The van der Waals surface area contributed by atoms with Crippen molar-refractivity contribution in [2.24, 2.45) is 0 Å². The van der Waals surface area contributed by atoms with Crippen molar-refractivity contribution >= 4 is 12.6 Å². The zero-order chi connectivity index (χ0) is 13.1. The first-order valence-electron chi connectivity index (χ1n) is 5.92. The highest BCUT2D eigenvalue weighted by molar-refractivity contribution is 7.80. The summed E-state index contributed by atoms with van der Waals surface area (Å²) in [5.74, 6) is 1.48. The summed E-state index contributed by atoms with van der Waals surface area (Å²) in [4.78, 5) is 0. The van der Waals surface area contributed by atoms with Crippen LogP contribution in [0.3, 0.4) is 0 Å². The zero-order valence-electron chi connectivity index (χ0n) is 10.4. The molecule has 18 heavy (non-hydrogen) atoms. The molecule has 1 unspecified atom stereocenters. The fourth-order valence-electron chi connectivity index (χ4n) is 1.97. The van der Waals surface area contributed by atoms with E-state index in [9.17, 15) is 5.11 Å². The molecule has 0 aliphatic carbocycles. The predicted molar refractivity (Wildman–Crippen MR) is 71.4 cm³/mol. The van der Waals surface area contributed by atoms with Gasteiger partial charge in [0.25, 0.3) is 0 Å². The maximum Gasteiger partial charge on any atom is 0.130 e. The molecule has 5 heteroatoms. The Kier molecular flexibility index (Phi) is 4.37. The third-order valence-corrected chi connectivity index (χ3v) is 3.35. The van der Waals surface area contributed by atoms with Crippen LogP contribution in [0.1, 0.15) is 13.3 Å². The van der Waals surface area contributed by atoms with E-state index in [-0.39, 0.29) is 17.6 Å². The van der Waals surface area contributed by atoms with Crippen LogP contribution in [0.5, 0.6) is 11.5 Å². The minimum absolute atomic E-state index is 0.202. The summed E-state index contributed by atoms with van der Waals surface area (Å²) in [7, 11) is 1.62. The second-order valence-electron chi connectivity index (χ2n) is 4.35. The molecule has 1 heterocycles. The molecule has 1 saturated heterocycles. The zero-order valence-corrected chi connectivity index (χ0v) is 11.3. The van der Waals surface area contributed by atoms with Crippen LogP contribution in [-0.4, -0.2) is 36.0 Å². The predicted octanol–water partition coefficient (Wildman–Crippen LogP) is 1.87. The van der Waals surface area contributed by atoms with Crippen molar-refractivity contribution in [3.8, 4) is 11.5 Å². The van der Waals surface area contributed by atoms with E-state index in [1.54, 1.807) is 7.11 Å². The number of aliphatic hydroxyl groups is 1. The van der Waals surface area contributed by atoms with E-state index in [4.69, 9.17) is 14.2 Å². The summed E-state index contributed by atoms with van der Waals surface area (Å²) in [5, 5.41) is 10.0. The third kappa shape index (κ3) is 3.10. The fraction of sp³-hybridized carbons (Fsp3) is 0.538. The van der Waals surface area contributed by atoms with Gasteiger partial charge in [-0.25, -0.2) is 0 Å². The molecule has 4 atom stereocenters. The number of thiol groups is 1. The Balaban J connectivity index is 2.02. The molecule has 0 bridgehead atoms. The van der Waals surface area contributed by atoms with E-state index >= 15 is 0 Å². The molecule has 0 spiro atoms. The van der Waals surface area contributed by atoms with E-state index in [0.717, 1.165) is 5.75 Å². The first kappa shape index (κ1) is 13.5. The molecule has 0 amide bonds. The monoisotopic (exact) mass is 270 g/mol. The van der Waals surface area contributed by atoms with E-state index in [0.29, 0.717) is 12.2 Å². The molecule has 1 aliphatic heterocycles. The van der Waals surface area contributed by atoms with E-state index < -0.39 is 6.10 Å². The van der Waals surface area contributed by atoms with Crippen molar-refractivity contribution in [2.75, 3.05) is 7.11 Å². The minimum atomic E-state index is -0.643. The van der Waals surface area contributed by atoms with Crippen molar-refractivity contribution in [1.82, 2.24) is 0 Å². The van der Waals surface area contributed by atoms with Crippen molar-refractivity contribution in [3.05, 3.63) is 24.3 Å². The van der Waals surface area contributed by atoms with Crippen LogP contribution in [0.2, 0.25) is 0 Å². The number of aliphatic hydroxyl groups excluding tert-OH is 1. The number of benzene rings is 1. The van der Waals surface area contributed by atoms with E-state index in [1.165, 1.54) is 0 Å². The minimum Gasteiger partial charge on any atom is -0.497 e. The topological polar surface area (TPSA) is 47.9 Å². The number of methoxy groups -OCH3 is 1. The van der Waals surface area contributed by atoms with Gasteiger partial charge in [-0.05, 0) is 31.2 Å². The standard InChI is InChI=1S/C13H18O4S/c1-8-13(14)11(7-12(18)16-8)17-10-5-3-9(15-2)4-6-10/h3-6,8,11-14,18H,7H2,1-2H3/t8-,11-,12?,13-/m1/s1. The smallest absolute Gasteiger partial charge is 0.130 e. The highest BCUT2D eigenvalue weighted by Gasteiger charge is 2.35. The summed E-state index contributed by atoms with van der Waals surface area (Å²) in [5.41, 5.74) is -0.202. The van der Waals surface area contributed by atoms with Crippen LogP contribution in [0.4, 0.5) is 0 Å². The van der Waals surface area contributed by atoms with E-state index in [1.807, 2.05) is 31.2 Å². The average molecular weight is 270 g/mol. The van der Waals surface area contributed by atoms with Crippen LogP contribution in [-0.2, 0) is 4.74 Å². The molecular weight excluding hydrogens is 252 g/mol. The van der Waals surface area contributed by atoms with Crippen molar-refractivity contribution in [3.63, 3.8) is 0 Å². The second-order valence-corrected chi connectivity index (χ2v) is 4.93. The largest absolute Gasteiger partial charge is 0.497 e. The van der Waals surface area contributed by atoms with Gasteiger partial charge in [0, 0.05) is 6.42 Å². The van der Waals surface area contributed by atoms with Crippen LogP contribution >= 0.6 is 12.6 Å². The molecule has 1 fully saturated rings. The Hall–Kier alpha value is -0.910. The highest BCUT2D eigenvalue weighted by atomic mass is 32.1. The van der Waals surface area contributed by atoms with Gasteiger partial charge in [-0.2, -0.15) is 0 Å².